The first-order valence-corrected chi connectivity index (χ1v) is 6.10. The lowest BCUT2D eigenvalue weighted by atomic mass is 10.2. The lowest BCUT2D eigenvalue weighted by molar-refractivity contribution is 0.0685. The van der Waals surface area contributed by atoms with E-state index in [0.29, 0.717) is 5.56 Å². The summed E-state index contributed by atoms with van der Waals surface area (Å²) in [5.74, 6) is -3.77. The van der Waals surface area contributed by atoms with Gasteiger partial charge in [-0.15, -0.1) is 0 Å². The molecule has 114 valence electrons. The van der Waals surface area contributed by atoms with Gasteiger partial charge in [-0.05, 0) is 17.7 Å². The van der Waals surface area contributed by atoms with Crippen LogP contribution in [0.5, 0.6) is 5.75 Å². The van der Waals surface area contributed by atoms with Crippen molar-refractivity contribution >= 4 is 11.9 Å². The van der Waals surface area contributed by atoms with E-state index < -0.39 is 40.1 Å². The Morgan fingerprint density at radius 3 is 2.45 bits per heavy atom. The third-order valence-corrected chi connectivity index (χ3v) is 2.88. The Balaban J connectivity index is 2.16. The van der Waals surface area contributed by atoms with Gasteiger partial charge in [-0.1, -0.05) is 12.1 Å². The predicted octanol–water partition coefficient (Wildman–Crippen LogP) is 0.848. The summed E-state index contributed by atoms with van der Waals surface area (Å²) in [4.78, 5) is 36.5. The number of amides is 1. The van der Waals surface area contributed by atoms with Crippen molar-refractivity contribution in [3.8, 4) is 5.75 Å². The number of carboxylic acids is 1. The molecule has 0 spiro atoms. The van der Waals surface area contributed by atoms with Crippen LogP contribution >= 0.6 is 0 Å². The number of H-pyrrole nitrogens is 1. The van der Waals surface area contributed by atoms with Gasteiger partial charge in [-0.2, -0.15) is 0 Å². The average molecular weight is 306 g/mol. The Morgan fingerprint density at radius 1 is 1.23 bits per heavy atom. The van der Waals surface area contributed by atoms with Crippen molar-refractivity contribution in [2.45, 2.75) is 6.54 Å². The molecule has 0 radical (unpaired) electrons. The molecule has 0 saturated carbocycles. The Kier molecular flexibility index (Phi) is 4.21. The molecule has 1 amide bonds. The zero-order chi connectivity index (χ0) is 16.3. The number of pyridine rings is 1. The maximum absolute atomic E-state index is 12.7. The van der Waals surface area contributed by atoms with Crippen LogP contribution in [0.25, 0.3) is 0 Å². The van der Waals surface area contributed by atoms with E-state index in [1.807, 2.05) is 0 Å². The molecule has 0 aliphatic carbocycles. The van der Waals surface area contributed by atoms with Gasteiger partial charge in [0.25, 0.3) is 5.91 Å². The molecule has 4 N–H and O–H groups in total. The number of halogens is 1. The first-order chi connectivity index (χ1) is 10.4. The molecule has 0 unspecified atom stereocenters. The van der Waals surface area contributed by atoms with Crippen LogP contribution < -0.4 is 10.7 Å². The summed E-state index contributed by atoms with van der Waals surface area (Å²) in [6.07, 6.45) is 0.908. The molecule has 22 heavy (non-hydrogen) atoms. The van der Waals surface area contributed by atoms with Gasteiger partial charge in [-0.3, -0.25) is 9.59 Å². The number of carbonyl (C=O) groups is 2. The highest BCUT2D eigenvalue weighted by Crippen LogP contribution is 2.09. The zero-order valence-corrected chi connectivity index (χ0v) is 11.1. The highest BCUT2D eigenvalue weighted by Gasteiger charge is 2.19. The van der Waals surface area contributed by atoms with Gasteiger partial charge in [0.05, 0.1) is 0 Å². The number of aromatic hydroxyl groups is 1. The molecule has 1 aromatic heterocycles. The molecule has 0 atom stereocenters. The van der Waals surface area contributed by atoms with E-state index in [4.69, 9.17) is 5.11 Å². The SMILES string of the molecule is O=C(O)c1[nH]cc(C(=O)NCc2ccc(F)cc2)c(=O)c1O. The number of hydrogen-bond donors (Lipinski definition) is 4. The van der Waals surface area contributed by atoms with Gasteiger partial charge in [-0.25, -0.2) is 9.18 Å². The number of aromatic carboxylic acids is 1. The maximum atomic E-state index is 12.7. The number of rotatable bonds is 4. The predicted molar refractivity (Wildman–Crippen MR) is 73.3 cm³/mol. The Hall–Kier alpha value is -3.16. The summed E-state index contributed by atoms with van der Waals surface area (Å²) in [6.45, 7) is 0.0417. The summed E-state index contributed by atoms with van der Waals surface area (Å²) in [6, 6.07) is 5.37. The molecule has 0 fully saturated rings. The molecule has 0 aliphatic heterocycles. The Morgan fingerprint density at radius 2 is 1.86 bits per heavy atom. The lowest BCUT2D eigenvalue weighted by Gasteiger charge is -2.06. The van der Waals surface area contributed by atoms with Crippen molar-refractivity contribution in [2.24, 2.45) is 0 Å². The minimum absolute atomic E-state index is 0.0417. The highest BCUT2D eigenvalue weighted by atomic mass is 19.1. The molecule has 2 rings (SSSR count). The second kappa shape index (κ2) is 6.08. The van der Waals surface area contributed by atoms with Gasteiger partial charge in [0.1, 0.15) is 11.4 Å². The van der Waals surface area contributed by atoms with Crippen molar-refractivity contribution in [3.63, 3.8) is 0 Å². The molecule has 0 aliphatic rings. The third-order valence-electron chi connectivity index (χ3n) is 2.88. The van der Waals surface area contributed by atoms with Crippen LogP contribution in [-0.2, 0) is 6.54 Å². The number of benzene rings is 1. The quantitative estimate of drug-likeness (QED) is 0.667. The van der Waals surface area contributed by atoms with E-state index in [2.05, 4.69) is 10.3 Å². The van der Waals surface area contributed by atoms with Gasteiger partial charge >= 0.3 is 5.97 Å². The van der Waals surface area contributed by atoms with Crippen LogP contribution in [-0.4, -0.2) is 27.1 Å². The Bertz CT molecular complexity index is 783. The van der Waals surface area contributed by atoms with Crippen LogP contribution in [0.1, 0.15) is 26.4 Å². The summed E-state index contributed by atoms with van der Waals surface area (Å²) >= 11 is 0. The van der Waals surface area contributed by atoms with Crippen LogP contribution in [0, 0.1) is 5.82 Å². The monoisotopic (exact) mass is 306 g/mol. The molecule has 7 nitrogen and oxygen atoms in total. The first-order valence-electron chi connectivity index (χ1n) is 6.10. The summed E-state index contributed by atoms with van der Waals surface area (Å²) in [5.41, 5.74) is -1.60. The fourth-order valence-corrected chi connectivity index (χ4v) is 1.73. The fraction of sp³-hybridized carbons (Fsp3) is 0.0714. The average Bonchev–Trinajstić information content (AvgIpc) is 2.48. The highest BCUT2D eigenvalue weighted by molar-refractivity contribution is 5.96. The van der Waals surface area contributed by atoms with Crippen molar-refractivity contribution in [1.82, 2.24) is 10.3 Å². The summed E-state index contributed by atoms with van der Waals surface area (Å²) in [5, 5.41) is 20.6. The number of carbonyl (C=O) groups excluding carboxylic acids is 1. The van der Waals surface area contributed by atoms with E-state index in [-0.39, 0.29) is 6.54 Å². The second-order valence-corrected chi connectivity index (χ2v) is 4.37. The molecule has 0 bridgehead atoms. The second-order valence-electron chi connectivity index (χ2n) is 4.37. The topological polar surface area (TPSA) is 119 Å². The first kappa shape index (κ1) is 15.2. The number of carboxylic acid groups (broad SMARTS) is 1. The molecule has 1 aromatic carbocycles. The van der Waals surface area contributed by atoms with Gasteiger partial charge < -0.3 is 20.5 Å². The standard InChI is InChI=1S/C14H11FN2O5/c15-8-3-1-7(2-4-8)5-17-13(20)9-6-16-10(14(21)22)12(19)11(9)18/h1-4,6,19H,5H2,(H,16,18)(H,17,20)(H,21,22). The third kappa shape index (κ3) is 3.11. The molecule has 8 heteroatoms. The van der Waals surface area contributed by atoms with Crippen LogP contribution in [0.3, 0.4) is 0 Å². The van der Waals surface area contributed by atoms with Crippen LogP contribution in [0.15, 0.2) is 35.3 Å². The van der Waals surface area contributed by atoms with Crippen molar-refractivity contribution < 1.29 is 24.2 Å². The fourth-order valence-electron chi connectivity index (χ4n) is 1.73. The number of aromatic amines is 1. The van der Waals surface area contributed by atoms with Crippen LogP contribution in [0.4, 0.5) is 4.39 Å². The summed E-state index contributed by atoms with van der Waals surface area (Å²) < 4.78 is 12.7. The minimum Gasteiger partial charge on any atom is -0.502 e. The van der Waals surface area contributed by atoms with E-state index in [1.165, 1.54) is 24.3 Å². The van der Waals surface area contributed by atoms with Crippen molar-refractivity contribution in [1.29, 1.82) is 0 Å². The van der Waals surface area contributed by atoms with Crippen molar-refractivity contribution in [3.05, 3.63) is 63.3 Å². The lowest BCUT2D eigenvalue weighted by Crippen LogP contribution is -2.29. The van der Waals surface area contributed by atoms with Gasteiger partial charge in [0, 0.05) is 12.7 Å². The van der Waals surface area contributed by atoms with Gasteiger partial charge in [0.15, 0.2) is 11.4 Å². The molecular formula is C14H11FN2O5. The Labute approximate surface area is 123 Å². The largest absolute Gasteiger partial charge is 0.502 e. The van der Waals surface area contributed by atoms with E-state index in [0.717, 1.165) is 6.20 Å². The number of hydrogen-bond acceptors (Lipinski definition) is 4. The number of nitrogens with one attached hydrogen (secondary N) is 2. The van der Waals surface area contributed by atoms with Gasteiger partial charge in [0.2, 0.25) is 5.43 Å². The zero-order valence-electron chi connectivity index (χ0n) is 11.1. The maximum Gasteiger partial charge on any atom is 0.356 e. The molecule has 2 aromatic rings. The van der Waals surface area contributed by atoms with E-state index >= 15 is 0 Å². The van der Waals surface area contributed by atoms with Crippen molar-refractivity contribution in [2.75, 3.05) is 0 Å². The normalized spacial score (nSPS) is 10.2. The number of aromatic nitrogens is 1. The van der Waals surface area contributed by atoms with E-state index in [1.54, 1.807) is 0 Å². The van der Waals surface area contributed by atoms with E-state index in [9.17, 15) is 23.9 Å². The summed E-state index contributed by atoms with van der Waals surface area (Å²) in [7, 11) is 0. The molecular weight excluding hydrogens is 295 g/mol. The smallest absolute Gasteiger partial charge is 0.356 e. The minimum atomic E-state index is -1.52. The molecule has 1 heterocycles. The molecule has 0 saturated heterocycles. The van der Waals surface area contributed by atoms with Crippen LogP contribution in [0.2, 0.25) is 0 Å².